The number of ether oxygens (including phenoxy) is 1. The number of hydrogen-bond donors (Lipinski definition) is 1. The molecule has 0 radical (unpaired) electrons. The molecule has 0 heterocycles. The molecule has 1 N–H and O–H groups in total. The van der Waals surface area contributed by atoms with E-state index in [1.165, 1.54) is 6.92 Å². The minimum atomic E-state index is -0.976. The highest BCUT2D eigenvalue weighted by atomic mass is 16.6. The van der Waals surface area contributed by atoms with Gasteiger partial charge in [0.05, 0.1) is 5.92 Å². The monoisotopic (exact) mass is 258 g/mol. The van der Waals surface area contributed by atoms with E-state index in [1.807, 2.05) is 0 Å². The molecule has 5 heteroatoms. The molecule has 0 bridgehead atoms. The number of hydrogen-bond acceptors (Lipinski definition) is 4. The normalized spacial score (nSPS) is 12.9. The number of rotatable bonds is 7. The molecule has 0 fully saturated rings. The van der Waals surface area contributed by atoms with Gasteiger partial charge >= 0.3 is 11.9 Å². The van der Waals surface area contributed by atoms with Gasteiger partial charge in [-0.15, -0.1) is 0 Å². The van der Waals surface area contributed by atoms with E-state index < -0.39 is 17.5 Å². The van der Waals surface area contributed by atoms with E-state index in [0.717, 1.165) is 0 Å². The topological polar surface area (TPSA) is 80.7 Å². The van der Waals surface area contributed by atoms with E-state index in [-0.39, 0.29) is 31.0 Å². The van der Waals surface area contributed by atoms with Crippen LogP contribution in [0, 0.1) is 5.92 Å². The zero-order valence-corrected chi connectivity index (χ0v) is 11.5. The number of carbonyl (C=O) groups is 3. The summed E-state index contributed by atoms with van der Waals surface area (Å²) in [6.45, 7) is 6.84. The van der Waals surface area contributed by atoms with Crippen molar-refractivity contribution in [3.63, 3.8) is 0 Å². The summed E-state index contributed by atoms with van der Waals surface area (Å²) >= 11 is 0. The number of carboxylic acids is 1. The van der Waals surface area contributed by atoms with Crippen molar-refractivity contribution < 1.29 is 24.2 Å². The molecule has 0 aliphatic heterocycles. The highest BCUT2D eigenvalue weighted by molar-refractivity contribution is 5.83. The SMILES string of the molecule is CC(CC(=O)CCCC(=O)OC(C)(C)C)C(=O)O. The first-order chi connectivity index (χ1) is 8.11. The molecular weight excluding hydrogens is 236 g/mol. The van der Waals surface area contributed by atoms with Gasteiger partial charge in [-0.1, -0.05) is 6.92 Å². The minimum Gasteiger partial charge on any atom is -0.481 e. The predicted molar refractivity (Wildman–Crippen MR) is 66.1 cm³/mol. The number of esters is 1. The summed E-state index contributed by atoms with van der Waals surface area (Å²) in [5.74, 6) is -2.11. The molecule has 0 amide bonds. The van der Waals surface area contributed by atoms with Gasteiger partial charge in [-0.05, 0) is 27.2 Å². The fourth-order valence-corrected chi connectivity index (χ4v) is 1.35. The highest BCUT2D eigenvalue weighted by Crippen LogP contribution is 2.11. The molecule has 0 saturated heterocycles. The molecule has 0 aromatic rings. The molecule has 104 valence electrons. The van der Waals surface area contributed by atoms with E-state index >= 15 is 0 Å². The summed E-state index contributed by atoms with van der Waals surface area (Å²) in [6, 6.07) is 0. The Morgan fingerprint density at radius 3 is 2.17 bits per heavy atom. The van der Waals surface area contributed by atoms with Crippen LogP contribution in [0.15, 0.2) is 0 Å². The van der Waals surface area contributed by atoms with Crippen LogP contribution in [0.4, 0.5) is 0 Å². The van der Waals surface area contributed by atoms with E-state index in [9.17, 15) is 14.4 Å². The van der Waals surface area contributed by atoms with Gasteiger partial charge in [0, 0.05) is 19.3 Å². The quantitative estimate of drug-likeness (QED) is 0.708. The standard InChI is InChI=1S/C13H22O5/c1-9(12(16)17)8-10(14)6-5-7-11(15)18-13(2,3)4/h9H,5-8H2,1-4H3,(H,16,17). The average Bonchev–Trinajstić information content (AvgIpc) is 2.14. The molecule has 1 atom stereocenters. The Kier molecular flexibility index (Phi) is 6.58. The third kappa shape index (κ3) is 8.73. The van der Waals surface area contributed by atoms with Crippen molar-refractivity contribution in [3.8, 4) is 0 Å². The van der Waals surface area contributed by atoms with Gasteiger partial charge in [0.25, 0.3) is 0 Å². The van der Waals surface area contributed by atoms with Crippen LogP contribution in [0.1, 0.15) is 53.4 Å². The van der Waals surface area contributed by atoms with E-state index in [1.54, 1.807) is 20.8 Å². The third-order valence-electron chi connectivity index (χ3n) is 2.21. The van der Waals surface area contributed by atoms with Gasteiger partial charge in [-0.25, -0.2) is 0 Å². The van der Waals surface area contributed by atoms with Crippen molar-refractivity contribution in [3.05, 3.63) is 0 Å². The fraction of sp³-hybridized carbons (Fsp3) is 0.769. The Hall–Kier alpha value is -1.39. The van der Waals surface area contributed by atoms with Crippen LogP contribution in [-0.2, 0) is 19.1 Å². The summed E-state index contributed by atoms with van der Waals surface area (Å²) in [7, 11) is 0. The summed E-state index contributed by atoms with van der Waals surface area (Å²) in [5.41, 5.74) is -0.515. The predicted octanol–water partition coefficient (Wildman–Crippen LogP) is 2.18. The Balaban J connectivity index is 3.82. The van der Waals surface area contributed by atoms with Gasteiger partial charge in [-0.2, -0.15) is 0 Å². The molecule has 0 aromatic heterocycles. The average molecular weight is 258 g/mol. The molecule has 0 aliphatic rings. The second kappa shape index (κ2) is 7.13. The maximum Gasteiger partial charge on any atom is 0.306 e. The summed E-state index contributed by atoms with van der Waals surface area (Å²) < 4.78 is 5.09. The van der Waals surface area contributed by atoms with Gasteiger partial charge in [-0.3, -0.25) is 14.4 Å². The van der Waals surface area contributed by atoms with Gasteiger partial charge in [0.15, 0.2) is 0 Å². The van der Waals surface area contributed by atoms with Crippen molar-refractivity contribution in [1.29, 1.82) is 0 Å². The van der Waals surface area contributed by atoms with E-state index in [0.29, 0.717) is 6.42 Å². The van der Waals surface area contributed by atoms with Crippen LogP contribution in [0.3, 0.4) is 0 Å². The molecule has 5 nitrogen and oxygen atoms in total. The number of ketones is 1. The summed E-state index contributed by atoms with van der Waals surface area (Å²) in [5, 5.41) is 8.65. The fourth-order valence-electron chi connectivity index (χ4n) is 1.35. The Morgan fingerprint density at radius 2 is 1.72 bits per heavy atom. The van der Waals surface area contributed by atoms with Gasteiger partial charge in [0.2, 0.25) is 0 Å². The Labute approximate surface area is 108 Å². The largest absolute Gasteiger partial charge is 0.481 e. The lowest BCUT2D eigenvalue weighted by Gasteiger charge is -2.19. The molecule has 18 heavy (non-hydrogen) atoms. The van der Waals surface area contributed by atoms with Crippen molar-refractivity contribution in [1.82, 2.24) is 0 Å². The van der Waals surface area contributed by atoms with Crippen LogP contribution in [0.25, 0.3) is 0 Å². The molecule has 0 saturated carbocycles. The molecule has 0 aliphatic carbocycles. The lowest BCUT2D eigenvalue weighted by Crippen LogP contribution is -2.23. The first-order valence-corrected chi connectivity index (χ1v) is 6.08. The van der Waals surface area contributed by atoms with Crippen molar-refractivity contribution in [2.24, 2.45) is 5.92 Å². The highest BCUT2D eigenvalue weighted by Gasteiger charge is 2.18. The van der Waals surface area contributed by atoms with Crippen molar-refractivity contribution in [2.45, 2.75) is 59.0 Å². The van der Waals surface area contributed by atoms with Crippen LogP contribution in [0.2, 0.25) is 0 Å². The van der Waals surface area contributed by atoms with Crippen LogP contribution in [-0.4, -0.2) is 28.4 Å². The van der Waals surface area contributed by atoms with Crippen LogP contribution < -0.4 is 0 Å². The zero-order chi connectivity index (χ0) is 14.3. The Bertz CT molecular complexity index is 314. The lowest BCUT2D eigenvalue weighted by atomic mass is 10.0. The van der Waals surface area contributed by atoms with E-state index in [4.69, 9.17) is 9.84 Å². The Morgan fingerprint density at radius 1 is 1.17 bits per heavy atom. The lowest BCUT2D eigenvalue weighted by molar-refractivity contribution is -0.155. The smallest absolute Gasteiger partial charge is 0.306 e. The first-order valence-electron chi connectivity index (χ1n) is 6.08. The maximum absolute atomic E-state index is 11.4. The number of aliphatic carboxylic acids is 1. The zero-order valence-electron chi connectivity index (χ0n) is 11.5. The molecule has 1 unspecified atom stereocenters. The summed E-state index contributed by atoms with van der Waals surface area (Å²) in [6.07, 6.45) is 0.824. The summed E-state index contributed by atoms with van der Waals surface area (Å²) in [4.78, 5) is 33.3. The van der Waals surface area contributed by atoms with Crippen LogP contribution in [0.5, 0.6) is 0 Å². The molecule has 0 aromatic carbocycles. The van der Waals surface area contributed by atoms with Gasteiger partial charge in [0.1, 0.15) is 11.4 Å². The van der Waals surface area contributed by atoms with Crippen molar-refractivity contribution >= 4 is 17.7 Å². The molecule has 0 rings (SSSR count). The third-order valence-corrected chi connectivity index (χ3v) is 2.21. The number of carboxylic acid groups (broad SMARTS) is 1. The molecule has 0 spiro atoms. The van der Waals surface area contributed by atoms with Crippen molar-refractivity contribution in [2.75, 3.05) is 0 Å². The second-order valence-electron chi connectivity index (χ2n) is 5.42. The minimum absolute atomic E-state index is 0.0175. The van der Waals surface area contributed by atoms with Gasteiger partial charge < -0.3 is 9.84 Å². The first kappa shape index (κ1) is 16.6. The maximum atomic E-state index is 11.4. The molecular formula is C13H22O5. The second-order valence-corrected chi connectivity index (χ2v) is 5.42. The number of carbonyl (C=O) groups excluding carboxylic acids is 2. The van der Waals surface area contributed by atoms with E-state index in [2.05, 4.69) is 0 Å². The van der Waals surface area contributed by atoms with Crippen LogP contribution >= 0.6 is 0 Å². The number of Topliss-reactive ketones (excluding diaryl/α,β-unsaturated/α-hetero) is 1.